The van der Waals surface area contributed by atoms with Gasteiger partial charge in [0.25, 0.3) is 5.91 Å². The monoisotopic (exact) mass is 368 g/mol. The summed E-state index contributed by atoms with van der Waals surface area (Å²) in [5, 5.41) is 14.8. The molecule has 2 aromatic carbocycles. The number of anilines is 1. The van der Waals surface area contributed by atoms with Gasteiger partial charge >= 0.3 is 5.97 Å². The number of benzene rings is 2. The van der Waals surface area contributed by atoms with E-state index in [0.29, 0.717) is 17.8 Å². The SMILES string of the molecule is O=C(COC(=O)c1ccccc1NCCO)N[C@@H]1CCCc2ccccc21. The van der Waals surface area contributed by atoms with Crippen LogP contribution in [0, 0.1) is 0 Å². The molecule has 0 unspecified atom stereocenters. The fraction of sp³-hybridized carbons (Fsp3) is 0.333. The average Bonchev–Trinajstić information content (AvgIpc) is 2.71. The number of aryl methyl sites for hydroxylation is 1. The van der Waals surface area contributed by atoms with Gasteiger partial charge in [0.2, 0.25) is 0 Å². The van der Waals surface area contributed by atoms with Crippen LogP contribution < -0.4 is 10.6 Å². The van der Waals surface area contributed by atoms with Crippen molar-refractivity contribution in [2.24, 2.45) is 0 Å². The Morgan fingerprint density at radius 1 is 1.11 bits per heavy atom. The Kier molecular flexibility index (Phi) is 6.44. The first-order valence-corrected chi connectivity index (χ1v) is 9.17. The van der Waals surface area contributed by atoms with Gasteiger partial charge in [-0.3, -0.25) is 4.79 Å². The zero-order chi connectivity index (χ0) is 19.1. The molecule has 0 aliphatic heterocycles. The molecule has 3 rings (SSSR count). The second kappa shape index (κ2) is 9.19. The molecule has 1 amide bonds. The Bertz CT molecular complexity index is 806. The van der Waals surface area contributed by atoms with Gasteiger partial charge in [-0.1, -0.05) is 36.4 Å². The highest BCUT2D eigenvalue weighted by Crippen LogP contribution is 2.29. The number of nitrogens with one attached hydrogen (secondary N) is 2. The number of aliphatic hydroxyl groups excluding tert-OH is 1. The van der Waals surface area contributed by atoms with Gasteiger partial charge in [0.05, 0.1) is 18.2 Å². The first-order chi connectivity index (χ1) is 13.2. The van der Waals surface area contributed by atoms with Crippen molar-refractivity contribution in [1.82, 2.24) is 5.32 Å². The third kappa shape index (κ3) is 4.86. The number of ether oxygens (including phenoxy) is 1. The lowest BCUT2D eigenvalue weighted by molar-refractivity contribution is -0.125. The molecule has 0 radical (unpaired) electrons. The summed E-state index contributed by atoms with van der Waals surface area (Å²) in [5.74, 6) is -0.888. The molecule has 1 atom stereocenters. The van der Waals surface area contributed by atoms with E-state index in [2.05, 4.69) is 16.7 Å². The minimum atomic E-state index is -0.574. The lowest BCUT2D eigenvalue weighted by Gasteiger charge is -2.26. The van der Waals surface area contributed by atoms with E-state index in [1.165, 1.54) is 5.56 Å². The summed E-state index contributed by atoms with van der Waals surface area (Å²) in [6.45, 7) is -0.0493. The number of rotatable bonds is 7. The number of aliphatic hydroxyl groups is 1. The van der Waals surface area contributed by atoms with Crippen LogP contribution in [-0.4, -0.2) is 36.7 Å². The molecule has 0 aromatic heterocycles. The van der Waals surface area contributed by atoms with E-state index in [1.807, 2.05) is 18.2 Å². The highest BCUT2D eigenvalue weighted by atomic mass is 16.5. The maximum Gasteiger partial charge on any atom is 0.340 e. The first kappa shape index (κ1) is 18.9. The van der Waals surface area contributed by atoms with Gasteiger partial charge in [0.15, 0.2) is 6.61 Å². The zero-order valence-electron chi connectivity index (χ0n) is 15.1. The minimum absolute atomic E-state index is 0.0420. The largest absolute Gasteiger partial charge is 0.452 e. The molecule has 27 heavy (non-hydrogen) atoms. The van der Waals surface area contributed by atoms with E-state index in [1.54, 1.807) is 24.3 Å². The molecule has 1 aliphatic carbocycles. The smallest absolute Gasteiger partial charge is 0.340 e. The van der Waals surface area contributed by atoms with Crippen molar-refractivity contribution < 1.29 is 19.4 Å². The molecular formula is C21H24N2O4. The van der Waals surface area contributed by atoms with Gasteiger partial charge in [-0.25, -0.2) is 4.79 Å². The van der Waals surface area contributed by atoms with Crippen molar-refractivity contribution in [3.05, 3.63) is 65.2 Å². The standard InChI is InChI=1S/C21H24N2O4/c24-13-12-22-18-10-4-3-9-17(18)21(26)27-14-20(25)23-19-11-5-7-15-6-1-2-8-16(15)19/h1-4,6,8-10,19,22,24H,5,7,11-14H2,(H,23,25)/t19-/m1/s1. The number of hydrogen-bond donors (Lipinski definition) is 3. The maximum atomic E-state index is 12.3. The number of esters is 1. The molecule has 0 bridgehead atoms. The van der Waals surface area contributed by atoms with Gasteiger partial charge in [-0.2, -0.15) is 0 Å². The first-order valence-electron chi connectivity index (χ1n) is 9.17. The number of para-hydroxylation sites is 1. The fourth-order valence-corrected chi connectivity index (χ4v) is 3.35. The minimum Gasteiger partial charge on any atom is -0.452 e. The van der Waals surface area contributed by atoms with Crippen LogP contribution in [0.3, 0.4) is 0 Å². The van der Waals surface area contributed by atoms with E-state index >= 15 is 0 Å². The highest BCUT2D eigenvalue weighted by Gasteiger charge is 2.22. The number of carbonyl (C=O) groups is 2. The van der Waals surface area contributed by atoms with Crippen molar-refractivity contribution >= 4 is 17.6 Å². The molecular weight excluding hydrogens is 344 g/mol. The van der Waals surface area contributed by atoms with Crippen molar-refractivity contribution in [2.45, 2.75) is 25.3 Å². The van der Waals surface area contributed by atoms with Crippen molar-refractivity contribution in [2.75, 3.05) is 25.1 Å². The molecule has 0 saturated heterocycles. The third-order valence-electron chi connectivity index (χ3n) is 4.61. The number of amides is 1. The van der Waals surface area contributed by atoms with Gasteiger partial charge < -0.3 is 20.5 Å². The van der Waals surface area contributed by atoms with Gasteiger partial charge in [0.1, 0.15) is 0 Å². The summed E-state index contributed by atoms with van der Waals surface area (Å²) in [7, 11) is 0. The topological polar surface area (TPSA) is 87.7 Å². The quantitative estimate of drug-likeness (QED) is 0.654. The Morgan fingerprint density at radius 3 is 2.74 bits per heavy atom. The lowest BCUT2D eigenvalue weighted by atomic mass is 9.88. The lowest BCUT2D eigenvalue weighted by Crippen LogP contribution is -2.34. The normalized spacial score (nSPS) is 15.5. The molecule has 0 heterocycles. The summed E-state index contributed by atoms with van der Waals surface area (Å²) >= 11 is 0. The fourth-order valence-electron chi connectivity index (χ4n) is 3.35. The molecule has 1 aliphatic rings. The van der Waals surface area contributed by atoms with Crippen molar-refractivity contribution in [1.29, 1.82) is 0 Å². The van der Waals surface area contributed by atoms with Gasteiger partial charge in [-0.15, -0.1) is 0 Å². The third-order valence-corrected chi connectivity index (χ3v) is 4.61. The number of carbonyl (C=O) groups excluding carboxylic acids is 2. The van der Waals surface area contributed by atoms with E-state index in [0.717, 1.165) is 24.8 Å². The summed E-state index contributed by atoms with van der Waals surface area (Å²) in [5.41, 5.74) is 3.30. The molecule has 142 valence electrons. The van der Waals surface area contributed by atoms with Gasteiger partial charge in [-0.05, 0) is 42.5 Å². The van der Waals surface area contributed by atoms with Gasteiger partial charge in [0, 0.05) is 12.2 Å². The second-order valence-electron chi connectivity index (χ2n) is 6.48. The summed E-state index contributed by atoms with van der Waals surface area (Å²) in [6.07, 6.45) is 2.92. The van der Waals surface area contributed by atoms with Crippen molar-refractivity contribution in [3.8, 4) is 0 Å². The molecule has 3 N–H and O–H groups in total. The second-order valence-corrected chi connectivity index (χ2v) is 6.48. The Balaban J connectivity index is 1.56. The molecule has 6 heteroatoms. The van der Waals surface area contributed by atoms with E-state index in [9.17, 15) is 9.59 Å². The number of hydrogen-bond acceptors (Lipinski definition) is 5. The van der Waals surface area contributed by atoms with Crippen LogP contribution in [0.4, 0.5) is 5.69 Å². The van der Waals surface area contributed by atoms with E-state index in [-0.39, 0.29) is 25.2 Å². The van der Waals surface area contributed by atoms with E-state index < -0.39 is 5.97 Å². The van der Waals surface area contributed by atoms with Crippen LogP contribution >= 0.6 is 0 Å². The van der Waals surface area contributed by atoms with Crippen LogP contribution in [0.15, 0.2) is 48.5 Å². The van der Waals surface area contributed by atoms with Crippen LogP contribution in [0.5, 0.6) is 0 Å². The molecule has 0 saturated carbocycles. The maximum absolute atomic E-state index is 12.3. The predicted molar refractivity (Wildman–Crippen MR) is 103 cm³/mol. The Morgan fingerprint density at radius 2 is 1.89 bits per heavy atom. The summed E-state index contributed by atoms with van der Waals surface area (Å²) in [4.78, 5) is 24.6. The zero-order valence-corrected chi connectivity index (χ0v) is 15.1. The van der Waals surface area contributed by atoms with Crippen LogP contribution in [-0.2, 0) is 16.0 Å². The van der Waals surface area contributed by atoms with Crippen LogP contribution in [0.2, 0.25) is 0 Å². The Hall–Kier alpha value is -2.86. The predicted octanol–water partition coefficient (Wildman–Crippen LogP) is 2.44. The van der Waals surface area contributed by atoms with Crippen molar-refractivity contribution in [3.63, 3.8) is 0 Å². The summed E-state index contributed by atoms with van der Waals surface area (Å²) < 4.78 is 5.19. The van der Waals surface area contributed by atoms with E-state index in [4.69, 9.17) is 9.84 Å². The molecule has 2 aromatic rings. The van der Waals surface area contributed by atoms with Crippen LogP contribution in [0.25, 0.3) is 0 Å². The molecule has 6 nitrogen and oxygen atoms in total. The van der Waals surface area contributed by atoms with Crippen LogP contribution in [0.1, 0.15) is 40.4 Å². The number of fused-ring (bicyclic) bond motifs is 1. The summed E-state index contributed by atoms with van der Waals surface area (Å²) in [6, 6.07) is 14.9. The Labute approximate surface area is 158 Å². The highest BCUT2D eigenvalue weighted by molar-refractivity contribution is 5.96. The molecule has 0 fully saturated rings. The molecule has 0 spiro atoms. The average molecular weight is 368 g/mol.